The summed E-state index contributed by atoms with van der Waals surface area (Å²) in [7, 11) is 0. The molecule has 0 aliphatic carbocycles. The Bertz CT molecular complexity index is 1350. The number of nitrogens with one attached hydrogen (secondary N) is 3. The predicted octanol–water partition coefficient (Wildman–Crippen LogP) is 3.57. The molecule has 3 aromatic rings. The molecule has 4 amide bonds. The highest BCUT2D eigenvalue weighted by atomic mass is 35.5. The zero-order valence-corrected chi connectivity index (χ0v) is 23.6. The number of halogens is 1. The zero-order chi connectivity index (χ0) is 28.9. The molecule has 0 unspecified atom stereocenters. The van der Waals surface area contributed by atoms with Crippen LogP contribution in [0.15, 0.2) is 42.9 Å². The number of benzene rings is 1. The Morgan fingerprint density at radius 2 is 1.82 bits per heavy atom. The Morgan fingerprint density at radius 3 is 2.48 bits per heavy atom. The number of carbonyl (C=O) groups is 3. The molecule has 1 aliphatic heterocycles. The van der Waals surface area contributed by atoms with E-state index in [4.69, 9.17) is 22.1 Å². The van der Waals surface area contributed by atoms with Crippen LogP contribution in [0.2, 0.25) is 5.02 Å². The Morgan fingerprint density at radius 1 is 1.12 bits per heavy atom. The summed E-state index contributed by atoms with van der Waals surface area (Å²) in [6.07, 6.45) is 3.43. The molecule has 0 spiro atoms. The van der Waals surface area contributed by atoms with Crippen molar-refractivity contribution in [1.82, 2.24) is 25.6 Å². The standard InChI is InChI=1S/C27H35ClN8O4/c1-26(2,3)40-25(39)36(22-20-9-13-31-21(20)33-17-34-22)27(10-14-30-15-11-27)23(37)35(16-4-12-32-24(29)38)19-7-5-18(28)6-8-19/h5-9,13,17,30H,4,10-12,14-16H2,1-3H3,(H3,29,32,38)(H,31,33,34). The summed E-state index contributed by atoms with van der Waals surface area (Å²) in [5.41, 5.74) is 4.20. The normalized spacial score (nSPS) is 14.9. The molecule has 1 fully saturated rings. The minimum Gasteiger partial charge on any atom is -0.443 e. The van der Waals surface area contributed by atoms with Gasteiger partial charge in [-0.15, -0.1) is 0 Å². The summed E-state index contributed by atoms with van der Waals surface area (Å²) < 4.78 is 5.88. The average Bonchev–Trinajstić information content (AvgIpc) is 3.38. The maximum Gasteiger partial charge on any atom is 0.417 e. The van der Waals surface area contributed by atoms with Gasteiger partial charge in [-0.1, -0.05) is 11.6 Å². The van der Waals surface area contributed by atoms with E-state index in [0.29, 0.717) is 54.1 Å². The fourth-order valence-electron chi connectivity index (χ4n) is 4.85. The van der Waals surface area contributed by atoms with Crippen LogP contribution in [0, 0.1) is 0 Å². The predicted molar refractivity (Wildman–Crippen MR) is 153 cm³/mol. The second-order valence-corrected chi connectivity index (χ2v) is 11.0. The van der Waals surface area contributed by atoms with Gasteiger partial charge in [0.05, 0.1) is 5.39 Å². The van der Waals surface area contributed by atoms with Gasteiger partial charge in [0, 0.05) is 30.0 Å². The molecule has 12 nitrogen and oxygen atoms in total. The number of amides is 4. The number of nitrogens with zero attached hydrogens (tertiary/aromatic N) is 4. The van der Waals surface area contributed by atoms with E-state index in [1.165, 1.54) is 11.2 Å². The molecular formula is C27H35ClN8O4. The van der Waals surface area contributed by atoms with E-state index in [1.54, 1.807) is 62.2 Å². The SMILES string of the molecule is CC(C)(C)OC(=O)N(c1ncnc2[nH]ccc12)C1(C(=O)N(CCCNC(N)=O)c2ccc(Cl)cc2)CCNCC1. The molecule has 40 heavy (non-hydrogen) atoms. The first kappa shape index (κ1) is 29.1. The van der Waals surface area contributed by atoms with Crippen LogP contribution in [0.25, 0.3) is 11.0 Å². The van der Waals surface area contributed by atoms with Gasteiger partial charge in [-0.05, 0) is 83.5 Å². The first-order valence-corrected chi connectivity index (χ1v) is 13.5. The monoisotopic (exact) mass is 570 g/mol. The number of hydrogen-bond donors (Lipinski definition) is 4. The second-order valence-electron chi connectivity index (χ2n) is 10.6. The van der Waals surface area contributed by atoms with Crippen LogP contribution < -0.4 is 26.2 Å². The number of anilines is 2. The number of nitrogens with two attached hydrogens (primary N) is 1. The number of H-pyrrole nitrogens is 1. The molecule has 0 atom stereocenters. The molecule has 1 saturated heterocycles. The number of rotatable bonds is 8. The highest BCUT2D eigenvalue weighted by Crippen LogP contribution is 2.38. The van der Waals surface area contributed by atoms with Crippen molar-refractivity contribution in [3.63, 3.8) is 0 Å². The number of ether oxygens (including phenoxy) is 1. The average molecular weight is 571 g/mol. The van der Waals surface area contributed by atoms with Crippen molar-refractivity contribution in [2.45, 2.75) is 51.2 Å². The molecule has 4 rings (SSSR count). The smallest absolute Gasteiger partial charge is 0.417 e. The molecule has 1 aliphatic rings. The molecule has 3 heterocycles. The highest BCUT2D eigenvalue weighted by molar-refractivity contribution is 6.30. The van der Waals surface area contributed by atoms with Gasteiger partial charge in [-0.3, -0.25) is 4.79 Å². The van der Waals surface area contributed by atoms with Crippen LogP contribution in [0.4, 0.5) is 21.1 Å². The maximum absolute atomic E-state index is 14.8. The molecule has 0 bridgehead atoms. The molecule has 214 valence electrons. The number of piperidine rings is 1. The second kappa shape index (κ2) is 12.1. The number of carbonyl (C=O) groups excluding carboxylic acids is 3. The summed E-state index contributed by atoms with van der Waals surface area (Å²) in [4.78, 5) is 55.0. The minimum absolute atomic E-state index is 0.251. The van der Waals surface area contributed by atoms with Crippen molar-refractivity contribution in [3.05, 3.63) is 47.9 Å². The van der Waals surface area contributed by atoms with Gasteiger partial charge >= 0.3 is 12.1 Å². The topological polar surface area (TPSA) is 159 Å². The third-order valence-electron chi connectivity index (χ3n) is 6.62. The maximum atomic E-state index is 14.8. The van der Waals surface area contributed by atoms with E-state index < -0.39 is 23.3 Å². The van der Waals surface area contributed by atoms with E-state index in [9.17, 15) is 14.4 Å². The number of fused-ring (bicyclic) bond motifs is 1. The third-order valence-corrected chi connectivity index (χ3v) is 6.87. The van der Waals surface area contributed by atoms with Crippen molar-refractivity contribution < 1.29 is 19.1 Å². The Kier molecular flexibility index (Phi) is 8.79. The van der Waals surface area contributed by atoms with E-state index in [0.717, 1.165) is 0 Å². The van der Waals surface area contributed by atoms with Gasteiger partial charge < -0.3 is 31.0 Å². The number of primary amides is 1. The quantitative estimate of drug-likeness (QED) is 0.301. The number of hydrogen-bond acceptors (Lipinski definition) is 7. The zero-order valence-electron chi connectivity index (χ0n) is 22.9. The third kappa shape index (κ3) is 6.45. The molecule has 13 heteroatoms. The Balaban J connectivity index is 1.84. The van der Waals surface area contributed by atoms with Crippen molar-refractivity contribution >= 4 is 52.2 Å². The lowest BCUT2D eigenvalue weighted by atomic mass is 9.84. The lowest BCUT2D eigenvalue weighted by Crippen LogP contribution is -2.66. The van der Waals surface area contributed by atoms with Crippen LogP contribution in [0.1, 0.15) is 40.0 Å². The lowest BCUT2D eigenvalue weighted by molar-refractivity contribution is -0.124. The van der Waals surface area contributed by atoms with Gasteiger partial charge in [-0.25, -0.2) is 24.5 Å². The van der Waals surface area contributed by atoms with Crippen LogP contribution in [-0.2, 0) is 9.53 Å². The molecular weight excluding hydrogens is 536 g/mol. The minimum atomic E-state index is -1.34. The first-order valence-electron chi connectivity index (χ1n) is 13.1. The van der Waals surface area contributed by atoms with E-state index in [1.807, 2.05) is 0 Å². The molecule has 5 N–H and O–H groups in total. The van der Waals surface area contributed by atoms with E-state index >= 15 is 0 Å². The van der Waals surface area contributed by atoms with Gasteiger partial charge in [-0.2, -0.15) is 0 Å². The van der Waals surface area contributed by atoms with Crippen LogP contribution in [0.3, 0.4) is 0 Å². The van der Waals surface area contributed by atoms with Crippen molar-refractivity contribution in [2.75, 3.05) is 36.0 Å². The summed E-state index contributed by atoms with van der Waals surface area (Å²) in [6.45, 7) is 6.83. The van der Waals surface area contributed by atoms with Gasteiger partial charge in [0.25, 0.3) is 5.91 Å². The van der Waals surface area contributed by atoms with Gasteiger partial charge in [0.15, 0.2) is 5.82 Å². The van der Waals surface area contributed by atoms with Gasteiger partial charge in [0.2, 0.25) is 0 Å². The molecule has 2 aromatic heterocycles. The van der Waals surface area contributed by atoms with Crippen LogP contribution in [0.5, 0.6) is 0 Å². The van der Waals surface area contributed by atoms with E-state index in [2.05, 4.69) is 25.6 Å². The summed E-state index contributed by atoms with van der Waals surface area (Å²) in [5, 5.41) is 6.98. The van der Waals surface area contributed by atoms with Crippen LogP contribution >= 0.6 is 11.6 Å². The van der Waals surface area contributed by atoms with Crippen molar-refractivity contribution in [3.8, 4) is 0 Å². The molecule has 0 saturated carbocycles. The van der Waals surface area contributed by atoms with Gasteiger partial charge in [0.1, 0.15) is 23.1 Å². The van der Waals surface area contributed by atoms with E-state index in [-0.39, 0.29) is 24.8 Å². The fraction of sp³-hybridized carbons (Fsp3) is 0.444. The fourth-order valence-corrected chi connectivity index (χ4v) is 4.98. The lowest BCUT2D eigenvalue weighted by Gasteiger charge is -2.46. The summed E-state index contributed by atoms with van der Waals surface area (Å²) >= 11 is 6.15. The summed E-state index contributed by atoms with van der Waals surface area (Å²) in [5.74, 6) is -0.0224. The largest absolute Gasteiger partial charge is 0.443 e. The highest BCUT2D eigenvalue weighted by Gasteiger charge is 2.52. The van der Waals surface area contributed by atoms with Crippen molar-refractivity contribution in [1.29, 1.82) is 0 Å². The van der Waals surface area contributed by atoms with Crippen molar-refractivity contribution in [2.24, 2.45) is 5.73 Å². The number of aromatic nitrogens is 3. The number of aromatic amines is 1. The first-order chi connectivity index (χ1) is 19.0. The summed E-state index contributed by atoms with van der Waals surface area (Å²) in [6, 6.07) is 8.04. The van der Waals surface area contributed by atoms with Crippen LogP contribution in [-0.4, -0.2) is 70.3 Å². The number of urea groups is 1. The Labute approximate surface area is 237 Å². The molecule has 0 radical (unpaired) electrons. The Hall–Kier alpha value is -3.90. The molecule has 1 aromatic carbocycles.